The fraction of sp³-hybridized carbons (Fsp3) is 0.571. The third-order valence-electron chi connectivity index (χ3n) is 3.65. The molecule has 1 aromatic rings. The molecule has 1 saturated heterocycles. The Bertz CT molecular complexity index is 367. The van der Waals surface area contributed by atoms with E-state index in [1.807, 2.05) is 0 Å². The van der Waals surface area contributed by atoms with Gasteiger partial charge in [-0.25, -0.2) is 0 Å². The van der Waals surface area contributed by atoms with Crippen LogP contribution in [-0.4, -0.2) is 20.2 Å². The second kappa shape index (κ2) is 4.88. The zero-order valence-electron chi connectivity index (χ0n) is 10.5. The number of ether oxygens (including phenoxy) is 1. The van der Waals surface area contributed by atoms with Crippen molar-refractivity contribution in [3.8, 4) is 5.75 Å². The highest BCUT2D eigenvalue weighted by atomic mass is 16.5. The Hall–Kier alpha value is -1.02. The van der Waals surface area contributed by atoms with Crippen molar-refractivity contribution in [2.24, 2.45) is 0 Å². The maximum Gasteiger partial charge on any atom is 0.125 e. The molecule has 1 N–H and O–H groups in total. The molecule has 1 aromatic carbocycles. The molecule has 88 valence electrons. The van der Waals surface area contributed by atoms with E-state index in [2.05, 4.69) is 31.3 Å². The maximum atomic E-state index is 5.58. The smallest absolute Gasteiger partial charge is 0.125 e. The lowest BCUT2D eigenvalue weighted by Crippen LogP contribution is -2.28. The fourth-order valence-electron chi connectivity index (χ4n) is 2.52. The Morgan fingerprint density at radius 3 is 2.75 bits per heavy atom. The van der Waals surface area contributed by atoms with Crippen molar-refractivity contribution in [3.05, 3.63) is 28.8 Å². The number of nitrogens with one attached hydrogen (secondary N) is 1. The summed E-state index contributed by atoms with van der Waals surface area (Å²) in [6.07, 6.45) is 2.53. The summed E-state index contributed by atoms with van der Waals surface area (Å²) in [7, 11) is 1.78. The van der Waals surface area contributed by atoms with Crippen LogP contribution in [0.25, 0.3) is 0 Å². The van der Waals surface area contributed by atoms with Crippen molar-refractivity contribution in [2.75, 3.05) is 20.2 Å². The van der Waals surface area contributed by atoms with Crippen molar-refractivity contribution in [1.82, 2.24) is 5.32 Å². The molecule has 0 saturated carbocycles. The minimum Gasteiger partial charge on any atom is -0.496 e. The van der Waals surface area contributed by atoms with Gasteiger partial charge in [-0.1, -0.05) is 12.1 Å². The minimum absolute atomic E-state index is 0.614. The summed E-state index contributed by atoms with van der Waals surface area (Å²) >= 11 is 0. The number of aryl methyl sites for hydroxylation is 1. The molecule has 1 aliphatic rings. The minimum atomic E-state index is 0.614. The first-order valence-corrected chi connectivity index (χ1v) is 6.09. The van der Waals surface area contributed by atoms with Crippen molar-refractivity contribution in [3.63, 3.8) is 0 Å². The summed E-state index contributed by atoms with van der Waals surface area (Å²) in [6.45, 7) is 6.52. The highest BCUT2D eigenvalue weighted by molar-refractivity contribution is 5.47. The molecular formula is C14H21NO. The van der Waals surface area contributed by atoms with Crippen LogP contribution < -0.4 is 10.1 Å². The zero-order chi connectivity index (χ0) is 11.5. The average molecular weight is 219 g/mol. The zero-order valence-corrected chi connectivity index (χ0v) is 10.5. The average Bonchev–Trinajstić information content (AvgIpc) is 2.33. The molecule has 1 atom stereocenters. The van der Waals surface area contributed by atoms with Gasteiger partial charge in [0.1, 0.15) is 5.75 Å². The predicted octanol–water partition coefficient (Wildman–Crippen LogP) is 2.78. The van der Waals surface area contributed by atoms with Crippen LogP contribution in [0.5, 0.6) is 5.75 Å². The van der Waals surface area contributed by atoms with Crippen LogP contribution in [0.2, 0.25) is 0 Å². The quantitative estimate of drug-likeness (QED) is 0.826. The molecule has 16 heavy (non-hydrogen) atoms. The van der Waals surface area contributed by atoms with E-state index in [4.69, 9.17) is 4.74 Å². The largest absolute Gasteiger partial charge is 0.496 e. The van der Waals surface area contributed by atoms with E-state index in [0.29, 0.717) is 5.92 Å². The van der Waals surface area contributed by atoms with Gasteiger partial charge in [-0.15, -0.1) is 0 Å². The highest BCUT2D eigenvalue weighted by Gasteiger charge is 2.20. The molecule has 2 heteroatoms. The number of hydrogen-bond acceptors (Lipinski definition) is 2. The summed E-state index contributed by atoms with van der Waals surface area (Å²) in [6, 6.07) is 4.45. The van der Waals surface area contributed by atoms with Crippen LogP contribution >= 0.6 is 0 Å². The summed E-state index contributed by atoms with van der Waals surface area (Å²) in [5.74, 6) is 1.71. The molecule has 1 unspecified atom stereocenters. The van der Waals surface area contributed by atoms with E-state index in [-0.39, 0.29) is 0 Å². The Balaban J connectivity index is 2.35. The second-order valence-corrected chi connectivity index (χ2v) is 4.67. The molecule has 1 heterocycles. The Morgan fingerprint density at radius 1 is 1.31 bits per heavy atom. The van der Waals surface area contributed by atoms with Gasteiger partial charge >= 0.3 is 0 Å². The first kappa shape index (κ1) is 11.5. The van der Waals surface area contributed by atoms with E-state index in [0.717, 1.165) is 18.8 Å². The van der Waals surface area contributed by atoms with Crippen LogP contribution in [0, 0.1) is 13.8 Å². The van der Waals surface area contributed by atoms with Crippen molar-refractivity contribution in [2.45, 2.75) is 32.6 Å². The van der Waals surface area contributed by atoms with Gasteiger partial charge in [0.25, 0.3) is 0 Å². The van der Waals surface area contributed by atoms with Gasteiger partial charge in [0, 0.05) is 12.5 Å². The number of benzene rings is 1. The molecule has 1 fully saturated rings. The Morgan fingerprint density at radius 2 is 2.12 bits per heavy atom. The first-order valence-electron chi connectivity index (χ1n) is 6.09. The predicted molar refractivity (Wildman–Crippen MR) is 67.3 cm³/mol. The Kier molecular flexibility index (Phi) is 3.49. The standard InChI is InChI=1S/C14H21NO/c1-10-6-7-13(14(16-3)11(10)2)12-5-4-8-15-9-12/h6-7,12,15H,4-5,8-9H2,1-3H3. The SMILES string of the molecule is COc1c(C2CCCNC2)ccc(C)c1C. The molecule has 0 radical (unpaired) electrons. The molecule has 0 bridgehead atoms. The summed E-state index contributed by atoms with van der Waals surface area (Å²) in [4.78, 5) is 0. The third kappa shape index (κ3) is 2.07. The first-order chi connectivity index (χ1) is 7.74. The van der Waals surface area contributed by atoms with Crippen molar-refractivity contribution < 1.29 is 4.74 Å². The lowest BCUT2D eigenvalue weighted by Gasteiger charge is -2.25. The summed E-state index contributed by atoms with van der Waals surface area (Å²) in [5, 5.41) is 3.46. The molecule has 0 aliphatic carbocycles. The van der Waals surface area contributed by atoms with Crippen LogP contribution in [-0.2, 0) is 0 Å². The molecule has 2 rings (SSSR count). The van der Waals surface area contributed by atoms with E-state index in [9.17, 15) is 0 Å². The molecule has 1 aliphatic heterocycles. The highest BCUT2D eigenvalue weighted by Crippen LogP contribution is 2.34. The lowest BCUT2D eigenvalue weighted by atomic mass is 9.89. The van der Waals surface area contributed by atoms with Gasteiger partial charge in [-0.05, 0) is 49.9 Å². The van der Waals surface area contributed by atoms with Crippen molar-refractivity contribution >= 4 is 0 Å². The number of piperidine rings is 1. The number of hydrogen-bond donors (Lipinski definition) is 1. The van der Waals surface area contributed by atoms with E-state index in [1.165, 1.54) is 29.5 Å². The second-order valence-electron chi connectivity index (χ2n) is 4.67. The van der Waals surface area contributed by atoms with Crippen LogP contribution in [0.15, 0.2) is 12.1 Å². The molecule has 0 aromatic heterocycles. The summed E-state index contributed by atoms with van der Waals surface area (Å²) < 4.78 is 5.58. The van der Waals surface area contributed by atoms with E-state index < -0.39 is 0 Å². The van der Waals surface area contributed by atoms with E-state index >= 15 is 0 Å². The molecule has 0 spiro atoms. The van der Waals surface area contributed by atoms with Gasteiger partial charge in [0.2, 0.25) is 0 Å². The van der Waals surface area contributed by atoms with Gasteiger partial charge in [0.15, 0.2) is 0 Å². The molecule has 0 amide bonds. The Labute approximate surface area is 98.0 Å². The van der Waals surface area contributed by atoms with Gasteiger partial charge in [-0.2, -0.15) is 0 Å². The lowest BCUT2D eigenvalue weighted by molar-refractivity contribution is 0.389. The number of methoxy groups -OCH3 is 1. The van der Waals surface area contributed by atoms with Crippen LogP contribution in [0.3, 0.4) is 0 Å². The van der Waals surface area contributed by atoms with E-state index in [1.54, 1.807) is 7.11 Å². The summed E-state index contributed by atoms with van der Waals surface area (Å²) in [5.41, 5.74) is 3.97. The number of rotatable bonds is 2. The van der Waals surface area contributed by atoms with Crippen LogP contribution in [0.1, 0.15) is 35.4 Å². The molecule has 2 nitrogen and oxygen atoms in total. The monoisotopic (exact) mass is 219 g/mol. The normalized spacial score (nSPS) is 20.8. The van der Waals surface area contributed by atoms with Gasteiger partial charge < -0.3 is 10.1 Å². The van der Waals surface area contributed by atoms with Crippen molar-refractivity contribution in [1.29, 1.82) is 0 Å². The van der Waals surface area contributed by atoms with Gasteiger partial charge in [0.05, 0.1) is 7.11 Å². The molecular weight excluding hydrogens is 198 g/mol. The fourth-order valence-corrected chi connectivity index (χ4v) is 2.52. The topological polar surface area (TPSA) is 21.3 Å². The third-order valence-corrected chi connectivity index (χ3v) is 3.65. The van der Waals surface area contributed by atoms with Gasteiger partial charge in [-0.3, -0.25) is 0 Å². The van der Waals surface area contributed by atoms with Crippen LogP contribution in [0.4, 0.5) is 0 Å². The maximum absolute atomic E-state index is 5.58.